The fourth-order valence-corrected chi connectivity index (χ4v) is 3.04. The maximum absolute atomic E-state index is 12.2. The molecule has 1 saturated heterocycles. The van der Waals surface area contributed by atoms with Crippen molar-refractivity contribution in [1.29, 1.82) is 0 Å². The fraction of sp³-hybridized carbons (Fsp3) is 0.632. The fourth-order valence-electron chi connectivity index (χ4n) is 3.04. The SMILES string of the molecule is CC(C)(C)[C@H](N)C(=O)NCC1CCCCN1Cc1ccccc1.Cl.Cl. The van der Waals surface area contributed by atoms with Gasteiger partial charge in [-0.3, -0.25) is 9.69 Å². The van der Waals surface area contributed by atoms with Crippen LogP contribution in [0.15, 0.2) is 30.3 Å². The third-order valence-electron chi connectivity index (χ3n) is 4.70. The van der Waals surface area contributed by atoms with E-state index in [1.807, 2.05) is 26.8 Å². The third-order valence-corrected chi connectivity index (χ3v) is 4.70. The van der Waals surface area contributed by atoms with Crippen LogP contribution in [-0.4, -0.2) is 36.0 Å². The topological polar surface area (TPSA) is 58.4 Å². The van der Waals surface area contributed by atoms with Gasteiger partial charge in [0, 0.05) is 19.1 Å². The molecular formula is C19H33Cl2N3O. The predicted molar refractivity (Wildman–Crippen MR) is 109 cm³/mol. The number of rotatable bonds is 5. The molecule has 0 radical (unpaired) electrons. The molecule has 0 bridgehead atoms. The highest BCUT2D eigenvalue weighted by Crippen LogP contribution is 2.20. The summed E-state index contributed by atoms with van der Waals surface area (Å²) in [5, 5.41) is 3.07. The van der Waals surface area contributed by atoms with Gasteiger partial charge in [0.15, 0.2) is 0 Å². The van der Waals surface area contributed by atoms with Crippen molar-refractivity contribution >= 4 is 30.7 Å². The van der Waals surface area contributed by atoms with E-state index >= 15 is 0 Å². The molecule has 0 saturated carbocycles. The summed E-state index contributed by atoms with van der Waals surface area (Å²) in [6.45, 7) is 8.74. The summed E-state index contributed by atoms with van der Waals surface area (Å²) < 4.78 is 0. The number of carbonyl (C=O) groups excluding carboxylic acids is 1. The molecular weight excluding hydrogens is 357 g/mol. The Bertz CT molecular complexity index is 505. The summed E-state index contributed by atoms with van der Waals surface area (Å²) >= 11 is 0. The van der Waals surface area contributed by atoms with Crippen molar-refractivity contribution in [3.63, 3.8) is 0 Å². The van der Waals surface area contributed by atoms with Gasteiger partial charge in [-0.05, 0) is 30.4 Å². The highest BCUT2D eigenvalue weighted by Gasteiger charge is 2.29. The van der Waals surface area contributed by atoms with E-state index in [4.69, 9.17) is 5.73 Å². The second-order valence-corrected chi connectivity index (χ2v) is 7.69. The van der Waals surface area contributed by atoms with Crippen molar-refractivity contribution in [2.45, 2.75) is 58.7 Å². The lowest BCUT2D eigenvalue weighted by Gasteiger charge is -2.36. The van der Waals surface area contributed by atoms with Crippen LogP contribution in [0.4, 0.5) is 0 Å². The number of piperidine rings is 1. The summed E-state index contributed by atoms with van der Waals surface area (Å²) in [6, 6.07) is 10.5. The van der Waals surface area contributed by atoms with Gasteiger partial charge in [-0.25, -0.2) is 0 Å². The number of nitrogens with zero attached hydrogens (tertiary/aromatic N) is 1. The van der Waals surface area contributed by atoms with Crippen molar-refractivity contribution in [3.05, 3.63) is 35.9 Å². The molecule has 1 unspecified atom stereocenters. The van der Waals surface area contributed by atoms with E-state index in [9.17, 15) is 4.79 Å². The molecule has 2 atom stereocenters. The van der Waals surface area contributed by atoms with E-state index in [-0.39, 0.29) is 36.1 Å². The minimum absolute atomic E-state index is 0. The van der Waals surface area contributed by atoms with Gasteiger partial charge < -0.3 is 11.1 Å². The summed E-state index contributed by atoms with van der Waals surface area (Å²) in [4.78, 5) is 14.7. The maximum atomic E-state index is 12.2. The number of benzene rings is 1. The van der Waals surface area contributed by atoms with Gasteiger partial charge >= 0.3 is 0 Å². The van der Waals surface area contributed by atoms with E-state index in [1.165, 1.54) is 18.4 Å². The van der Waals surface area contributed by atoms with Gasteiger partial charge in [0.25, 0.3) is 0 Å². The number of nitrogens with two attached hydrogens (primary N) is 1. The average molecular weight is 390 g/mol. The Labute approximate surface area is 164 Å². The highest BCUT2D eigenvalue weighted by molar-refractivity contribution is 5.85. The highest BCUT2D eigenvalue weighted by atomic mass is 35.5. The van der Waals surface area contributed by atoms with Crippen LogP contribution in [0.5, 0.6) is 0 Å². The molecule has 144 valence electrons. The monoisotopic (exact) mass is 389 g/mol. The van der Waals surface area contributed by atoms with Crippen LogP contribution < -0.4 is 11.1 Å². The summed E-state index contributed by atoms with van der Waals surface area (Å²) in [5.74, 6) is -0.0391. The van der Waals surface area contributed by atoms with E-state index in [0.717, 1.165) is 19.5 Å². The molecule has 1 aromatic carbocycles. The Morgan fingerprint density at radius 2 is 1.88 bits per heavy atom. The quantitative estimate of drug-likeness (QED) is 0.811. The first-order valence-electron chi connectivity index (χ1n) is 8.69. The largest absolute Gasteiger partial charge is 0.353 e. The van der Waals surface area contributed by atoms with Crippen molar-refractivity contribution in [3.8, 4) is 0 Å². The Kier molecular flexibility index (Phi) is 10.7. The number of likely N-dealkylation sites (tertiary alicyclic amines) is 1. The number of amides is 1. The standard InChI is InChI=1S/C19H31N3O.2ClH/c1-19(2,3)17(20)18(23)21-13-16-11-7-8-12-22(16)14-15-9-5-4-6-10-15;;/h4-6,9-10,16-17H,7-8,11-14,20H2,1-3H3,(H,21,23);2*1H/t16?,17-;;/m1../s1. The molecule has 25 heavy (non-hydrogen) atoms. The molecule has 2 rings (SSSR count). The Morgan fingerprint density at radius 1 is 1.24 bits per heavy atom. The molecule has 1 amide bonds. The third kappa shape index (κ3) is 7.53. The second-order valence-electron chi connectivity index (χ2n) is 7.69. The number of hydrogen-bond donors (Lipinski definition) is 2. The lowest BCUT2D eigenvalue weighted by molar-refractivity contribution is -0.124. The van der Waals surface area contributed by atoms with Gasteiger partial charge in [0.1, 0.15) is 0 Å². The Hall–Kier alpha value is -0.810. The molecule has 0 aliphatic carbocycles. The maximum Gasteiger partial charge on any atom is 0.237 e. The summed E-state index contributed by atoms with van der Waals surface area (Å²) in [5.41, 5.74) is 7.17. The van der Waals surface area contributed by atoms with Gasteiger partial charge in [-0.15, -0.1) is 24.8 Å². The number of halogens is 2. The summed E-state index contributed by atoms with van der Waals surface area (Å²) in [6.07, 6.45) is 3.60. The van der Waals surface area contributed by atoms with Crippen LogP contribution >= 0.6 is 24.8 Å². The first kappa shape index (κ1) is 24.2. The van der Waals surface area contributed by atoms with E-state index in [0.29, 0.717) is 12.6 Å². The first-order chi connectivity index (χ1) is 10.9. The van der Waals surface area contributed by atoms with Gasteiger partial charge in [0.2, 0.25) is 5.91 Å². The van der Waals surface area contributed by atoms with E-state index in [1.54, 1.807) is 0 Å². The molecule has 3 N–H and O–H groups in total. The van der Waals surface area contributed by atoms with Crippen molar-refractivity contribution in [1.82, 2.24) is 10.2 Å². The van der Waals surface area contributed by atoms with E-state index in [2.05, 4.69) is 34.5 Å². The van der Waals surface area contributed by atoms with E-state index < -0.39 is 6.04 Å². The number of hydrogen-bond acceptors (Lipinski definition) is 3. The van der Waals surface area contributed by atoms with Crippen LogP contribution in [0.2, 0.25) is 0 Å². The van der Waals surface area contributed by atoms with Crippen molar-refractivity contribution in [2.24, 2.45) is 11.1 Å². The minimum Gasteiger partial charge on any atom is -0.353 e. The molecule has 1 heterocycles. The summed E-state index contributed by atoms with van der Waals surface area (Å²) in [7, 11) is 0. The van der Waals surface area contributed by atoms with Gasteiger partial charge in [0.05, 0.1) is 6.04 Å². The Morgan fingerprint density at radius 3 is 2.48 bits per heavy atom. The zero-order valence-electron chi connectivity index (χ0n) is 15.5. The van der Waals surface area contributed by atoms with Crippen LogP contribution in [0.1, 0.15) is 45.6 Å². The molecule has 1 aliphatic heterocycles. The lowest BCUT2D eigenvalue weighted by atomic mass is 9.87. The molecule has 0 aromatic heterocycles. The number of nitrogens with one attached hydrogen (secondary N) is 1. The predicted octanol–water partition coefficient (Wildman–Crippen LogP) is 3.37. The minimum atomic E-state index is -0.464. The lowest BCUT2D eigenvalue weighted by Crippen LogP contribution is -2.52. The van der Waals surface area contributed by atoms with Gasteiger partial charge in [-0.1, -0.05) is 57.5 Å². The number of carbonyl (C=O) groups is 1. The zero-order chi connectivity index (χ0) is 16.9. The average Bonchev–Trinajstić information content (AvgIpc) is 2.53. The Balaban J connectivity index is 0.00000288. The van der Waals surface area contributed by atoms with Crippen LogP contribution in [0, 0.1) is 5.41 Å². The molecule has 4 nitrogen and oxygen atoms in total. The normalized spacial score (nSPS) is 19.3. The van der Waals surface area contributed by atoms with Crippen molar-refractivity contribution in [2.75, 3.05) is 13.1 Å². The first-order valence-corrected chi connectivity index (χ1v) is 8.69. The van der Waals surface area contributed by atoms with Gasteiger partial charge in [-0.2, -0.15) is 0 Å². The smallest absolute Gasteiger partial charge is 0.237 e. The molecule has 0 spiro atoms. The van der Waals surface area contributed by atoms with Crippen LogP contribution in [-0.2, 0) is 11.3 Å². The van der Waals surface area contributed by atoms with Crippen LogP contribution in [0.25, 0.3) is 0 Å². The zero-order valence-corrected chi connectivity index (χ0v) is 17.2. The molecule has 1 aliphatic rings. The van der Waals surface area contributed by atoms with Crippen LogP contribution in [0.3, 0.4) is 0 Å². The second kappa shape index (κ2) is 11.0. The van der Waals surface area contributed by atoms with Crippen molar-refractivity contribution < 1.29 is 4.79 Å². The molecule has 6 heteroatoms. The molecule has 1 fully saturated rings. The molecule has 1 aromatic rings.